The smallest absolute Gasteiger partial charge is 0.417 e. The Morgan fingerprint density at radius 1 is 1.04 bits per heavy atom. The fourth-order valence-corrected chi connectivity index (χ4v) is 4.49. The van der Waals surface area contributed by atoms with Crippen LogP contribution in [0.5, 0.6) is 5.75 Å². The van der Waals surface area contributed by atoms with Crippen molar-refractivity contribution in [3.05, 3.63) is 23.8 Å². The Labute approximate surface area is 171 Å². The van der Waals surface area contributed by atoms with Crippen molar-refractivity contribution >= 4 is 11.8 Å². The molecular weight excluding hydrogens is 385 g/mol. The van der Waals surface area contributed by atoms with E-state index < -0.39 is 18.0 Å². The largest absolute Gasteiger partial charge is 0.464 e. The van der Waals surface area contributed by atoms with Gasteiger partial charge in [-0.25, -0.2) is 0 Å². The van der Waals surface area contributed by atoms with Crippen molar-refractivity contribution in [3.63, 3.8) is 0 Å². The first kappa shape index (κ1) is 23.4. The first-order valence-corrected chi connectivity index (χ1v) is 11.6. The van der Waals surface area contributed by atoms with Gasteiger partial charge >= 0.3 is 6.18 Å². The fourth-order valence-electron chi connectivity index (χ4n) is 3.34. The number of hydrogen-bond donors (Lipinski definition) is 0. The lowest BCUT2D eigenvalue weighted by atomic mass is 10.1. The summed E-state index contributed by atoms with van der Waals surface area (Å²) in [6.45, 7) is 2.80. The Morgan fingerprint density at radius 2 is 1.75 bits per heavy atom. The molecular formula is C22H33F3O2S. The summed E-state index contributed by atoms with van der Waals surface area (Å²) in [6, 6.07) is 4.19. The summed E-state index contributed by atoms with van der Waals surface area (Å²) >= 11 is 1.26. The highest BCUT2D eigenvalue weighted by molar-refractivity contribution is 7.99. The monoisotopic (exact) mass is 418 g/mol. The lowest BCUT2D eigenvalue weighted by molar-refractivity contribution is -0.141. The minimum Gasteiger partial charge on any atom is -0.464 e. The zero-order valence-electron chi connectivity index (χ0n) is 16.9. The molecule has 28 heavy (non-hydrogen) atoms. The van der Waals surface area contributed by atoms with Gasteiger partial charge in [-0.3, -0.25) is 0 Å². The summed E-state index contributed by atoms with van der Waals surface area (Å²) in [5.41, 5.74) is -0.606. The molecule has 1 heterocycles. The minimum absolute atomic E-state index is 0.201. The summed E-state index contributed by atoms with van der Waals surface area (Å²) in [4.78, 5) is 0.201. The van der Waals surface area contributed by atoms with Gasteiger partial charge in [-0.2, -0.15) is 13.2 Å². The second-order valence-corrected chi connectivity index (χ2v) is 8.47. The molecule has 1 fully saturated rings. The molecule has 1 unspecified atom stereocenters. The quantitative estimate of drug-likeness (QED) is 0.254. The lowest BCUT2D eigenvalue weighted by Crippen LogP contribution is -2.25. The molecule has 0 bridgehead atoms. The summed E-state index contributed by atoms with van der Waals surface area (Å²) < 4.78 is 51.8. The molecule has 0 amide bonds. The van der Waals surface area contributed by atoms with Gasteiger partial charge in [0, 0.05) is 6.42 Å². The van der Waals surface area contributed by atoms with Crippen LogP contribution in [0.25, 0.3) is 0 Å². The van der Waals surface area contributed by atoms with Gasteiger partial charge in [-0.1, -0.05) is 57.9 Å². The van der Waals surface area contributed by atoms with Crippen molar-refractivity contribution in [2.24, 2.45) is 0 Å². The Balaban J connectivity index is 1.88. The van der Waals surface area contributed by atoms with Gasteiger partial charge in [-0.05, 0) is 37.1 Å². The van der Waals surface area contributed by atoms with Crippen molar-refractivity contribution in [2.75, 3.05) is 12.4 Å². The Hall–Kier alpha value is -0.880. The normalized spacial score (nSPS) is 17.6. The zero-order chi connectivity index (χ0) is 20.2. The van der Waals surface area contributed by atoms with Crippen LogP contribution in [0.3, 0.4) is 0 Å². The molecule has 1 aliphatic heterocycles. The molecule has 2 nitrogen and oxygen atoms in total. The molecule has 2 rings (SSSR count). The molecule has 0 aliphatic carbocycles. The molecule has 0 spiro atoms. The van der Waals surface area contributed by atoms with E-state index in [4.69, 9.17) is 9.47 Å². The lowest BCUT2D eigenvalue weighted by Gasteiger charge is -2.25. The zero-order valence-corrected chi connectivity index (χ0v) is 17.7. The molecule has 6 heteroatoms. The second kappa shape index (κ2) is 12.6. The third-order valence-electron chi connectivity index (χ3n) is 4.92. The maximum Gasteiger partial charge on any atom is 0.417 e. The van der Waals surface area contributed by atoms with Crippen LogP contribution in [-0.2, 0) is 10.9 Å². The van der Waals surface area contributed by atoms with E-state index in [1.54, 1.807) is 6.07 Å². The van der Waals surface area contributed by atoms with E-state index >= 15 is 0 Å². The maximum atomic E-state index is 13.5. The summed E-state index contributed by atoms with van der Waals surface area (Å²) in [7, 11) is 0. The predicted molar refractivity (Wildman–Crippen MR) is 109 cm³/mol. The molecule has 1 aromatic carbocycles. The number of ether oxygens (including phenoxy) is 2. The van der Waals surface area contributed by atoms with Gasteiger partial charge in [0.15, 0.2) is 6.29 Å². The van der Waals surface area contributed by atoms with E-state index in [1.807, 2.05) is 0 Å². The second-order valence-electron chi connectivity index (χ2n) is 7.37. The average Bonchev–Trinajstić information content (AvgIpc) is 2.67. The molecule has 0 radical (unpaired) electrons. The van der Waals surface area contributed by atoms with Crippen molar-refractivity contribution in [1.82, 2.24) is 0 Å². The highest BCUT2D eigenvalue weighted by atomic mass is 32.2. The third kappa shape index (κ3) is 8.24. The molecule has 0 aromatic heterocycles. The molecule has 160 valence electrons. The van der Waals surface area contributed by atoms with E-state index in [0.717, 1.165) is 44.6 Å². The van der Waals surface area contributed by atoms with E-state index in [9.17, 15) is 13.2 Å². The summed E-state index contributed by atoms with van der Waals surface area (Å²) in [5.74, 6) is 0.968. The highest BCUT2D eigenvalue weighted by Gasteiger charge is 2.35. The average molecular weight is 419 g/mol. The van der Waals surface area contributed by atoms with Gasteiger partial charge in [0.25, 0.3) is 0 Å². The molecule has 0 N–H and O–H groups in total. The SMILES string of the molecule is CCCCCCCCCCSc1c(OC2CCCCO2)cccc1C(F)(F)F. The maximum absolute atomic E-state index is 13.5. The Bertz CT molecular complexity index is 557. The van der Waals surface area contributed by atoms with E-state index in [-0.39, 0.29) is 4.90 Å². The number of alkyl halides is 3. The van der Waals surface area contributed by atoms with Crippen molar-refractivity contribution in [2.45, 2.75) is 94.9 Å². The van der Waals surface area contributed by atoms with Crippen LogP contribution >= 0.6 is 11.8 Å². The number of hydrogen-bond acceptors (Lipinski definition) is 3. The van der Waals surface area contributed by atoms with Gasteiger partial charge < -0.3 is 9.47 Å². The van der Waals surface area contributed by atoms with Gasteiger partial charge in [-0.15, -0.1) is 11.8 Å². The molecule has 1 aliphatic rings. The van der Waals surface area contributed by atoms with Crippen LogP contribution < -0.4 is 4.74 Å². The molecule has 0 saturated carbocycles. The van der Waals surface area contributed by atoms with Gasteiger partial charge in [0.1, 0.15) is 5.75 Å². The van der Waals surface area contributed by atoms with Crippen LogP contribution in [0.15, 0.2) is 23.1 Å². The van der Waals surface area contributed by atoms with Crippen molar-refractivity contribution in [3.8, 4) is 5.75 Å². The molecule has 1 atom stereocenters. The first-order valence-electron chi connectivity index (χ1n) is 10.6. The Kier molecular flexibility index (Phi) is 10.6. The molecule has 1 saturated heterocycles. The fraction of sp³-hybridized carbons (Fsp3) is 0.727. The summed E-state index contributed by atoms with van der Waals surface area (Å²) in [5, 5.41) is 0. The topological polar surface area (TPSA) is 18.5 Å². The van der Waals surface area contributed by atoms with Crippen LogP contribution in [-0.4, -0.2) is 18.6 Å². The van der Waals surface area contributed by atoms with E-state index in [2.05, 4.69) is 6.92 Å². The number of benzene rings is 1. The number of thioether (sulfide) groups is 1. The van der Waals surface area contributed by atoms with Gasteiger partial charge in [0.2, 0.25) is 0 Å². The van der Waals surface area contributed by atoms with E-state index in [0.29, 0.717) is 18.1 Å². The van der Waals surface area contributed by atoms with Crippen LogP contribution in [0, 0.1) is 0 Å². The standard InChI is InChI=1S/C22H33F3O2S/c1-2-3-4-5-6-7-8-11-17-28-21-18(22(23,24)25)13-12-14-19(21)27-20-15-9-10-16-26-20/h12-14,20H,2-11,15-17H2,1H3. The number of halogens is 3. The van der Waals surface area contributed by atoms with Crippen LogP contribution in [0.4, 0.5) is 13.2 Å². The van der Waals surface area contributed by atoms with Gasteiger partial charge in [0.05, 0.1) is 17.1 Å². The van der Waals surface area contributed by atoms with Crippen molar-refractivity contribution < 1.29 is 22.6 Å². The Morgan fingerprint density at radius 3 is 2.39 bits per heavy atom. The van der Waals surface area contributed by atoms with Crippen LogP contribution in [0.1, 0.15) is 83.1 Å². The first-order chi connectivity index (χ1) is 13.5. The van der Waals surface area contributed by atoms with Crippen LogP contribution in [0.2, 0.25) is 0 Å². The highest BCUT2D eigenvalue weighted by Crippen LogP contribution is 2.42. The summed E-state index contributed by atoms with van der Waals surface area (Å²) in [6.07, 6.45) is 7.29. The van der Waals surface area contributed by atoms with Crippen molar-refractivity contribution in [1.29, 1.82) is 0 Å². The molecule has 1 aromatic rings. The van der Waals surface area contributed by atoms with E-state index in [1.165, 1.54) is 49.9 Å². The predicted octanol–water partition coefficient (Wildman–Crippen LogP) is 7.84. The number of unbranched alkanes of at least 4 members (excludes halogenated alkanes) is 7. The number of rotatable bonds is 12. The third-order valence-corrected chi connectivity index (χ3v) is 6.13. The minimum atomic E-state index is -4.38.